The third-order valence-electron chi connectivity index (χ3n) is 2.64. The van der Waals surface area contributed by atoms with E-state index in [0.717, 1.165) is 11.4 Å². The van der Waals surface area contributed by atoms with E-state index < -0.39 is 0 Å². The standard InChI is InChI=1S/C13H22N6O/c1-10-7-12(17-15-10)20-6-5-19-9-11(16-18-19)8-14-13(2,3)4/h7,9,14H,5-6,8H2,1-4H3,(H,15,17). The van der Waals surface area contributed by atoms with E-state index in [1.54, 1.807) is 4.68 Å². The maximum Gasteiger partial charge on any atom is 0.232 e. The summed E-state index contributed by atoms with van der Waals surface area (Å²) in [7, 11) is 0. The normalized spacial score (nSPS) is 11.8. The van der Waals surface area contributed by atoms with E-state index in [4.69, 9.17) is 4.74 Å². The van der Waals surface area contributed by atoms with Crippen LogP contribution in [0.3, 0.4) is 0 Å². The van der Waals surface area contributed by atoms with E-state index in [9.17, 15) is 0 Å². The van der Waals surface area contributed by atoms with Crippen molar-refractivity contribution in [3.63, 3.8) is 0 Å². The van der Waals surface area contributed by atoms with Crippen molar-refractivity contribution in [3.05, 3.63) is 23.7 Å². The molecule has 7 heteroatoms. The zero-order valence-electron chi connectivity index (χ0n) is 12.5. The number of aromatic nitrogens is 5. The summed E-state index contributed by atoms with van der Waals surface area (Å²) in [5.74, 6) is 0.609. The molecule has 0 bridgehead atoms. The molecule has 110 valence electrons. The summed E-state index contributed by atoms with van der Waals surface area (Å²) in [6.45, 7) is 10.2. The number of ether oxygens (including phenoxy) is 1. The fourth-order valence-corrected chi connectivity index (χ4v) is 1.60. The zero-order chi connectivity index (χ0) is 14.6. The Morgan fingerprint density at radius 2 is 2.20 bits per heavy atom. The van der Waals surface area contributed by atoms with Crippen LogP contribution in [0, 0.1) is 6.92 Å². The Balaban J connectivity index is 1.75. The Hall–Kier alpha value is -1.89. The molecular formula is C13H22N6O. The highest BCUT2D eigenvalue weighted by Gasteiger charge is 2.10. The molecular weight excluding hydrogens is 256 g/mol. The van der Waals surface area contributed by atoms with E-state index in [0.29, 0.717) is 25.6 Å². The van der Waals surface area contributed by atoms with E-state index in [-0.39, 0.29) is 5.54 Å². The molecule has 2 heterocycles. The predicted molar refractivity (Wildman–Crippen MR) is 75.4 cm³/mol. The first-order valence-corrected chi connectivity index (χ1v) is 6.71. The SMILES string of the molecule is Cc1cc(OCCn2cc(CNC(C)(C)C)nn2)n[nH]1. The fourth-order valence-electron chi connectivity index (χ4n) is 1.60. The number of nitrogens with one attached hydrogen (secondary N) is 2. The Kier molecular flexibility index (Phi) is 4.39. The van der Waals surface area contributed by atoms with Crippen LogP contribution in [0.25, 0.3) is 0 Å². The van der Waals surface area contributed by atoms with Crippen LogP contribution in [-0.4, -0.2) is 37.3 Å². The largest absolute Gasteiger partial charge is 0.475 e. The van der Waals surface area contributed by atoms with Crippen molar-refractivity contribution in [1.82, 2.24) is 30.5 Å². The summed E-state index contributed by atoms with van der Waals surface area (Å²) in [6, 6.07) is 1.86. The lowest BCUT2D eigenvalue weighted by molar-refractivity contribution is 0.279. The van der Waals surface area contributed by atoms with Crippen LogP contribution >= 0.6 is 0 Å². The van der Waals surface area contributed by atoms with Crippen molar-refractivity contribution in [2.24, 2.45) is 0 Å². The maximum atomic E-state index is 5.51. The third kappa shape index (κ3) is 4.65. The second kappa shape index (κ2) is 6.04. The molecule has 2 aromatic rings. The van der Waals surface area contributed by atoms with Crippen LogP contribution in [0.1, 0.15) is 32.2 Å². The van der Waals surface area contributed by atoms with Crippen LogP contribution < -0.4 is 10.1 Å². The molecule has 0 fully saturated rings. The van der Waals surface area contributed by atoms with Crippen LogP contribution in [0.15, 0.2) is 12.3 Å². The maximum absolute atomic E-state index is 5.51. The smallest absolute Gasteiger partial charge is 0.232 e. The first-order chi connectivity index (χ1) is 9.42. The molecule has 20 heavy (non-hydrogen) atoms. The number of nitrogens with zero attached hydrogens (tertiary/aromatic N) is 4. The highest BCUT2D eigenvalue weighted by molar-refractivity contribution is 5.12. The summed E-state index contributed by atoms with van der Waals surface area (Å²) in [5, 5.41) is 18.4. The lowest BCUT2D eigenvalue weighted by Crippen LogP contribution is -2.35. The molecule has 0 aliphatic carbocycles. The molecule has 0 saturated heterocycles. The lowest BCUT2D eigenvalue weighted by Gasteiger charge is -2.19. The molecule has 0 spiro atoms. The molecule has 0 atom stereocenters. The van der Waals surface area contributed by atoms with E-state index in [2.05, 4.69) is 46.6 Å². The van der Waals surface area contributed by atoms with Crippen LogP contribution in [-0.2, 0) is 13.1 Å². The fraction of sp³-hybridized carbons (Fsp3) is 0.615. The van der Waals surface area contributed by atoms with E-state index in [1.165, 1.54) is 0 Å². The average Bonchev–Trinajstić information content (AvgIpc) is 2.95. The second-order valence-corrected chi connectivity index (χ2v) is 5.81. The van der Waals surface area contributed by atoms with Gasteiger partial charge in [-0.2, -0.15) is 0 Å². The average molecular weight is 278 g/mol. The summed E-state index contributed by atoms with van der Waals surface area (Å²) in [5.41, 5.74) is 1.98. The lowest BCUT2D eigenvalue weighted by atomic mass is 10.1. The Morgan fingerprint density at radius 1 is 1.40 bits per heavy atom. The third-order valence-corrected chi connectivity index (χ3v) is 2.64. The molecule has 0 aliphatic rings. The van der Waals surface area contributed by atoms with Gasteiger partial charge < -0.3 is 10.1 Å². The Bertz CT molecular complexity index is 539. The molecule has 0 amide bonds. The predicted octanol–water partition coefficient (Wildman–Crippen LogP) is 1.28. The Morgan fingerprint density at radius 3 is 2.85 bits per heavy atom. The molecule has 0 saturated carbocycles. The van der Waals surface area contributed by atoms with Gasteiger partial charge in [0, 0.05) is 30.0 Å². The minimum absolute atomic E-state index is 0.0741. The summed E-state index contributed by atoms with van der Waals surface area (Å²) < 4.78 is 7.28. The van der Waals surface area contributed by atoms with E-state index >= 15 is 0 Å². The van der Waals surface area contributed by atoms with Crippen molar-refractivity contribution in [2.45, 2.75) is 46.3 Å². The van der Waals surface area contributed by atoms with Gasteiger partial charge in [0.15, 0.2) is 0 Å². The summed E-state index contributed by atoms with van der Waals surface area (Å²) in [4.78, 5) is 0. The van der Waals surface area contributed by atoms with Crippen molar-refractivity contribution in [3.8, 4) is 5.88 Å². The molecule has 2 N–H and O–H groups in total. The topological polar surface area (TPSA) is 80.7 Å². The van der Waals surface area contributed by atoms with Gasteiger partial charge in [0.2, 0.25) is 5.88 Å². The molecule has 0 aromatic carbocycles. The Labute approximate surface area is 118 Å². The number of rotatable bonds is 6. The number of hydrogen-bond donors (Lipinski definition) is 2. The molecule has 2 rings (SSSR count). The van der Waals surface area contributed by atoms with Crippen molar-refractivity contribution >= 4 is 0 Å². The first-order valence-electron chi connectivity index (χ1n) is 6.71. The second-order valence-electron chi connectivity index (χ2n) is 5.81. The number of H-pyrrole nitrogens is 1. The van der Waals surface area contributed by atoms with Gasteiger partial charge in [-0.3, -0.25) is 5.10 Å². The number of aryl methyl sites for hydroxylation is 1. The molecule has 2 aromatic heterocycles. The van der Waals surface area contributed by atoms with Crippen LogP contribution in [0.4, 0.5) is 0 Å². The van der Waals surface area contributed by atoms with Gasteiger partial charge in [-0.05, 0) is 27.7 Å². The molecule has 7 nitrogen and oxygen atoms in total. The minimum Gasteiger partial charge on any atom is -0.475 e. The molecule has 0 unspecified atom stereocenters. The number of hydrogen-bond acceptors (Lipinski definition) is 5. The zero-order valence-corrected chi connectivity index (χ0v) is 12.5. The molecule has 0 radical (unpaired) electrons. The van der Waals surface area contributed by atoms with Gasteiger partial charge in [0.1, 0.15) is 6.61 Å². The molecule has 0 aliphatic heterocycles. The highest BCUT2D eigenvalue weighted by atomic mass is 16.5. The van der Waals surface area contributed by atoms with Gasteiger partial charge in [0.25, 0.3) is 0 Å². The van der Waals surface area contributed by atoms with Crippen LogP contribution in [0.5, 0.6) is 5.88 Å². The van der Waals surface area contributed by atoms with Gasteiger partial charge in [-0.1, -0.05) is 5.21 Å². The first kappa shape index (κ1) is 14.5. The quantitative estimate of drug-likeness (QED) is 0.832. The van der Waals surface area contributed by atoms with Gasteiger partial charge >= 0.3 is 0 Å². The summed E-state index contributed by atoms with van der Waals surface area (Å²) in [6.07, 6.45) is 1.93. The summed E-state index contributed by atoms with van der Waals surface area (Å²) >= 11 is 0. The van der Waals surface area contributed by atoms with E-state index in [1.807, 2.05) is 19.2 Å². The van der Waals surface area contributed by atoms with Gasteiger partial charge in [0.05, 0.1) is 12.2 Å². The minimum atomic E-state index is 0.0741. The van der Waals surface area contributed by atoms with Crippen molar-refractivity contribution < 1.29 is 4.74 Å². The van der Waals surface area contributed by atoms with Crippen LogP contribution in [0.2, 0.25) is 0 Å². The number of aromatic amines is 1. The van der Waals surface area contributed by atoms with Crippen molar-refractivity contribution in [2.75, 3.05) is 6.61 Å². The van der Waals surface area contributed by atoms with Gasteiger partial charge in [-0.15, -0.1) is 10.2 Å². The van der Waals surface area contributed by atoms with Gasteiger partial charge in [-0.25, -0.2) is 4.68 Å². The van der Waals surface area contributed by atoms with Crippen molar-refractivity contribution in [1.29, 1.82) is 0 Å². The highest BCUT2D eigenvalue weighted by Crippen LogP contribution is 2.06. The monoisotopic (exact) mass is 278 g/mol.